The van der Waals surface area contributed by atoms with Crippen LogP contribution in [0.4, 0.5) is 0 Å². The predicted molar refractivity (Wildman–Crippen MR) is 629 cm³/mol. The fourth-order valence-corrected chi connectivity index (χ4v) is 12.1. The molecule has 133 heavy (non-hydrogen) atoms. The van der Waals surface area contributed by atoms with Crippen LogP contribution < -0.4 is 0 Å². The maximum absolute atomic E-state index is 2.37. The first kappa shape index (κ1) is 145. The Bertz CT molecular complexity index is 4310. The Morgan fingerprint density at radius 2 is 0.647 bits per heavy atom. The molecule has 754 valence electrons. The van der Waals surface area contributed by atoms with E-state index < -0.39 is 0 Å². The average Bonchev–Trinajstić information content (AvgIpc) is 1.43. The molecule has 0 radical (unpaired) electrons. The second-order valence-electron chi connectivity index (χ2n) is 38.1. The van der Waals surface area contributed by atoms with Crippen molar-refractivity contribution >= 4 is 33.2 Å². The lowest BCUT2D eigenvalue weighted by Crippen LogP contribution is -2.19. The smallest absolute Gasteiger partial charge is 0.0355 e. The van der Waals surface area contributed by atoms with Crippen molar-refractivity contribution in [1.82, 2.24) is 4.57 Å². The summed E-state index contributed by atoms with van der Waals surface area (Å²) in [7, 11) is 0. The molecule has 1 aromatic heterocycles. The molecule has 4 aliphatic carbocycles. The molecule has 0 N–H and O–H groups in total. The molecule has 0 saturated carbocycles. The third kappa shape index (κ3) is 65.7. The minimum atomic E-state index is 0. The number of fused-ring (bicyclic) bond motifs is 4. The van der Waals surface area contributed by atoms with Crippen molar-refractivity contribution in [2.24, 2.45) is 27.6 Å². The number of benzene rings is 9. The molecule has 0 unspecified atom stereocenters. The molecule has 1 nitrogen and oxygen atoms in total. The first-order valence-corrected chi connectivity index (χ1v) is 52.1. The summed E-state index contributed by atoms with van der Waals surface area (Å²) >= 11 is 0. The summed E-state index contributed by atoms with van der Waals surface area (Å²) < 4.78 is 2.19. The Morgan fingerprint density at radius 1 is 0.286 bits per heavy atom. The molecule has 0 fully saturated rings. The number of allylic oxidation sites excluding steroid dienone is 9. The monoisotopic (exact) mass is 1820 g/mol. The quantitative estimate of drug-likeness (QED) is 0.133. The highest BCUT2D eigenvalue weighted by molar-refractivity contribution is 5.86. The molecule has 1 heterocycles. The predicted octanol–water partition coefficient (Wildman–Crippen LogP) is 44.9. The van der Waals surface area contributed by atoms with Crippen LogP contribution >= 0.6 is 0 Å². The van der Waals surface area contributed by atoms with Crippen LogP contribution in [0, 0.1) is 34.5 Å². The summed E-state index contributed by atoms with van der Waals surface area (Å²) in [6.07, 6.45) is 23.4. The second kappa shape index (κ2) is 81.8. The number of hydrogen-bond acceptors (Lipinski definition) is 0. The van der Waals surface area contributed by atoms with Crippen LogP contribution in [-0.2, 0) is 40.0 Å². The van der Waals surface area contributed by atoms with Crippen molar-refractivity contribution in [2.75, 3.05) is 0 Å². The Hall–Kier alpha value is -8.52. The largest absolute Gasteiger partial charge is 0.349 e. The lowest BCUT2D eigenvalue weighted by atomic mass is 9.83. The minimum absolute atomic E-state index is 0. The standard InChI is InChI=1S/2C14H16.2C13H16.2C10H14.C9H14.C8H13N.C7H12.C7H8.13C2H6.CH4/c1-14(2,3)13-10-6-8-11-7-4-5-9-12(11)13;1-14(2,3)13-9-8-11-6-4-5-7-12(11)10-13;1-13(2,3)12-8-10-6-4-5-7-11(10)9-12;1-13(2,3)12-9-8-10-6-4-5-7-11(10)12;2*1-10(2,3)9-7-5-4-6-8-9;1-9(2,3)8-6-4-5-7-8;1-8(2,3)9-6-4-5-7-9;1-7(2,3)6-4-5-6;1-7-5-3-2-4-6-7;13*1-2;/h2*4-10H,1-3H3;4-8H,9H2,1-3H3;4-7,9H,8H2,1-3H3;2*4-8H,1-3H3;4-6H,7H2,1-3H3;4-7H,1-3H3;4-6H,1-3H3;2-6H,1H3;13*1-2H3;1H4. The zero-order valence-corrected chi connectivity index (χ0v) is 97.4. The zero-order chi connectivity index (χ0) is 105. The highest BCUT2D eigenvalue weighted by atomic mass is 15.0. The Balaban J connectivity index is -0.000000154. The van der Waals surface area contributed by atoms with Gasteiger partial charge in [-0.25, -0.2) is 0 Å². The highest BCUT2D eigenvalue weighted by Crippen LogP contribution is 2.41. The average molecular weight is 1820 g/mol. The van der Waals surface area contributed by atoms with E-state index in [9.17, 15) is 0 Å². The maximum Gasteiger partial charge on any atom is 0.0355 e. The van der Waals surface area contributed by atoms with Gasteiger partial charge in [-0.05, 0) is 180 Å². The molecule has 0 amide bonds. The van der Waals surface area contributed by atoms with Crippen molar-refractivity contribution in [3.63, 3.8) is 0 Å². The molecule has 4 aliphatic rings. The molecule has 0 spiro atoms. The molecule has 0 atom stereocenters. The van der Waals surface area contributed by atoms with E-state index in [2.05, 4.69) is 460 Å². The van der Waals surface area contributed by atoms with Crippen molar-refractivity contribution < 1.29 is 0 Å². The SMILES string of the molecule is C.CC.CC.CC.CC.CC.CC.CC.CC.CC.CC.CC.CC.CC.CC(C)(C)C1=CC=CC1.CC(C)(C)C1=CCc2ccccc21.CC(C)(C)C1=Cc2ccccc2C1.CC(C)(C)C1C=C1.CC(C)(C)c1ccc2ccccc2c1.CC(C)(C)c1cccc2ccccc12.CC(C)(C)c1ccccc1.CC(C)(C)c1ccccc1.CC(C)(C)n1cccc1.Cc1ccccc1. The molecular formula is C132H221N. The third-order valence-electron chi connectivity index (χ3n) is 19.3. The summed E-state index contributed by atoms with van der Waals surface area (Å²) in [5.74, 6) is 0.799. The van der Waals surface area contributed by atoms with Gasteiger partial charge in [0.25, 0.3) is 0 Å². The molecule has 9 aromatic carbocycles. The minimum Gasteiger partial charge on any atom is -0.349 e. The molecule has 0 bridgehead atoms. The van der Waals surface area contributed by atoms with Crippen molar-refractivity contribution in [1.29, 1.82) is 0 Å². The molecule has 10 aromatic rings. The van der Waals surface area contributed by atoms with Gasteiger partial charge in [-0.2, -0.15) is 0 Å². The highest BCUT2D eigenvalue weighted by Gasteiger charge is 2.27. The van der Waals surface area contributed by atoms with Gasteiger partial charge in [-0.15, -0.1) is 0 Å². The zero-order valence-electron chi connectivity index (χ0n) is 97.4. The van der Waals surface area contributed by atoms with Gasteiger partial charge in [0.05, 0.1) is 0 Å². The van der Waals surface area contributed by atoms with E-state index in [4.69, 9.17) is 0 Å². The van der Waals surface area contributed by atoms with Gasteiger partial charge in [0, 0.05) is 17.9 Å². The topological polar surface area (TPSA) is 4.93 Å². The van der Waals surface area contributed by atoms with Gasteiger partial charge in [0.15, 0.2) is 0 Å². The summed E-state index contributed by atoms with van der Waals surface area (Å²) in [4.78, 5) is 0. The fourth-order valence-electron chi connectivity index (χ4n) is 12.1. The summed E-state index contributed by atoms with van der Waals surface area (Å²) in [6, 6.07) is 83.2. The lowest BCUT2D eigenvalue weighted by Gasteiger charge is -2.21. The molecule has 0 aliphatic heterocycles. The molecule has 0 saturated heterocycles. The van der Waals surface area contributed by atoms with Crippen molar-refractivity contribution in [2.45, 2.75) is 428 Å². The van der Waals surface area contributed by atoms with Crippen LogP contribution in [0.2, 0.25) is 0 Å². The van der Waals surface area contributed by atoms with Crippen LogP contribution in [-0.4, -0.2) is 4.57 Å². The van der Waals surface area contributed by atoms with Crippen LogP contribution in [0.5, 0.6) is 0 Å². The number of aromatic nitrogens is 1. The number of aryl methyl sites for hydroxylation is 1. The van der Waals surface area contributed by atoms with Crippen molar-refractivity contribution in [3.05, 3.63) is 347 Å². The number of rotatable bonds is 0. The van der Waals surface area contributed by atoms with E-state index in [0.717, 1.165) is 25.2 Å². The van der Waals surface area contributed by atoms with E-state index in [0.29, 0.717) is 27.1 Å². The lowest BCUT2D eigenvalue weighted by molar-refractivity contribution is 0.375. The first-order valence-electron chi connectivity index (χ1n) is 52.1. The number of nitrogens with zero attached hydrogens (tertiary/aromatic N) is 1. The van der Waals surface area contributed by atoms with Gasteiger partial charge in [-0.3, -0.25) is 0 Å². The van der Waals surface area contributed by atoms with E-state index in [1.165, 1.54) is 77.2 Å². The van der Waals surface area contributed by atoms with Crippen LogP contribution in [0.3, 0.4) is 0 Å². The normalized spacial score (nSPS) is 11.4. The number of hydrogen-bond donors (Lipinski definition) is 0. The summed E-state index contributed by atoms with van der Waals surface area (Å²) in [5.41, 5.74) is 20.1. The van der Waals surface area contributed by atoms with Gasteiger partial charge in [0.1, 0.15) is 0 Å². The van der Waals surface area contributed by atoms with E-state index >= 15 is 0 Å². The maximum atomic E-state index is 2.37. The van der Waals surface area contributed by atoms with E-state index in [1.807, 2.05) is 210 Å². The second-order valence-corrected chi connectivity index (χ2v) is 38.1. The molecule has 1 heteroatoms. The molecular weight excluding hydrogens is 1600 g/mol. The van der Waals surface area contributed by atoms with Gasteiger partial charge in [0.2, 0.25) is 0 Å². The van der Waals surface area contributed by atoms with E-state index in [-0.39, 0.29) is 29.2 Å². The Morgan fingerprint density at radius 3 is 0.962 bits per heavy atom. The van der Waals surface area contributed by atoms with Crippen LogP contribution in [0.15, 0.2) is 297 Å². The first-order chi connectivity index (χ1) is 62.2. The van der Waals surface area contributed by atoms with Gasteiger partial charge < -0.3 is 4.57 Å². The summed E-state index contributed by atoms with van der Waals surface area (Å²) in [6.45, 7) is 115. The Kier molecular flexibility index (Phi) is 89.1. The van der Waals surface area contributed by atoms with Crippen LogP contribution in [0.1, 0.15) is 431 Å². The van der Waals surface area contributed by atoms with Gasteiger partial charge in [-0.1, -0.05) is 637 Å². The van der Waals surface area contributed by atoms with Crippen molar-refractivity contribution in [3.8, 4) is 0 Å². The fraction of sp³-hybridized carbons (Fsp3) is 0.515. The van der Waals surface area contributed by atoms with Gasteiger partial charge >= 0.3 is 0 Å². The van der Waals surface area contributed by atoms with Crippen LogP contribution in [0.25, 0.3) is 33.2 Å². The molecule has 14 rings (SSSR count). The Labute approximate surface area is 834 Å². The van der Waals surface area contributed by atoms with E-state index in [1.54, 1.807) is 11.1 Å². The summed E-state index contributed by atoms with van der Waals surface area (Å²) in [5, 5.41) is 5.36. The third-order valence-corrected chi connectivity index (χ3v) is 19.3.